The zero-order valence-electron chi connectivity index (χ0n) is 13.1. The van der Waals surface area contributed by atoms with Gasteiger partial charge in [0.2, 0.25) is 0 Å². The van der Waals surface area contributed by atoms with Crippen LogP contribution in [0.1, 0.15) is 28.6 Å². The molecular weight excluding hydrogens is 316 g/mol. The van der Waals surface area contributed by atoms with Crippen molar-refractivity contribution >= 4 is 17.6 Å². The summed E-state index contributed by atoms with van der Waals surface area (Å²) in [6, 6.07) is 7.62. The van der Waals surface area contributed by atoms with Crippen LogP contribution in [0.2, 0.25) is 0 Å². The lowest BCUT2D eigenvalue weighted by Gasteiger charge is -2.14. The van der Waals surface area contributed by atoms with Gasteiger partial charge in [-0.25, -0.2) is 4.79 Å². The molecule has 0 aliphatic carbocycles. The molecule has 1 heterocycles. The van der Waals surface area contributed by atoms with Gasteiger partial charge < -0.3 is 14.5 Å². The molecule has 8 heteroatoms. The van der Waals surface area contributed by atoms with Gasteiger partial charge in [-0.3, -0.25) is 14.9 Å². The van der Waals surface area contributed by atoms with E-state index in [1.54, 1.807) is 25.1 Å². The van der Waals surface area contributed by atoms with E-state index in [-0.39, 0.29) is 17.8 Å². The Hall–Kier alpha value is -3.16. The number of aryl methyl sites for hydroxylation is 1. The number of ether oxygens (including phenoxy) is 1. The van der Waals surface area contributed by atoms with E-state index < -0.39 is 22.9 Å². The summed E-state index contributed by atoms with van der Waals surface area (Å²) in [6.45, 7) is 3.10. The first-order valence-corrected chi connectivity index (χ1v) is 7.15. The van der Waals surface area contributed by atoms with Gasteiger partial charge >= 0.3 is 5.97 Å². The van der Waals surface area contributed by atoms with Crippen LogP contribution in [-0.2, 0) is 16.1 Å². The lowest BCUT2D eigenvalue weighted by Crippen LogP contribution is -2.35. The van der Waals surface area contributed by atoms with E-state index in [9.17, 15) is 19.7 Å². The number of rotatable bonds is 6. The van der Waals surface area contributed by atoms with Crippen LogP contribution in [0.4, 0.5) is 5.69 Å². The monoisotopic (exact) mass is 332 g/mol. The molecule has 24 heavy (non-hydrogen) atoms. The second-order valence-corrected chi connectivity index (χ2v) is 5.07. The number of amides is 1. The molecule has 1 aromatic heterocycles. The predicted molar refractivity (Wildman–Crippen MR) is 83.3 cm³/mol. The van der Waals surface area contributed by atoms with Gasteiger partial charge in [-0.1, -0.05) is 12.1 Å². The average Bonchev–Trinajstić information content (AvgIpc) is 3.05. The number of nitro benzene ring substituents is 1. The van der Waals surface area contributed by atoms with Crippen LogP contribution in [0.5, 0.6) is 0 Å². The van der Waals surface area contributed by atoms with Crippen molar-refractivity contribution in [1.82, 2.24) is 5.32 Å². The van der Waals surface area contributed by atoms with Crippen LogP contribution in [-0.4, -0.2) is 22.9 Å². The van der Waals surface area contributed by atoms with Gasteiger partial charge in [-0.15, -0.1) is 0 Å². The Kier molecular flexibility index (Phi) is 5.31. The molecule has 8 nitrogen and oxygen atoms in total. The highest BCUT2D eigenvalue weighted by atomic mass is 16.6. The molecule has 1 unspecified atom stereocenters. The number of nitro groups is 1. The lowest BCUT2D eigenvalue weighted by molar-refractivity contribution is -0.385. The molecule has 2 aromatic rings. The topological polar surface area (TPSA) is 112 Å². The molecule has 0 aliphatic heterocycles. The van der Waals surface area contributed by atoms with Crippen LogP contribution in [0, 0.1) is 17.0 Å². The molecule has 1 amide bonds. The molecule has 0 saturated heterocycles. The van der Waals surface area contributed by atoms with E-state index in [2.05, 4.69) is 5.32 Å². The minimum absolute atomic E-state index is 0.151. The molecule has 0 saturated carbocycles. The van der Waals surface area contributed by atoms with Crippen molar-refractivity contribution in [2.75, 3.05) is 0 Å². The van der Waals surface area contributed by atoms with E-state index in [0.717, 1.165) is 0 Å². The quantitative estimate of drug-likeness (QED) is 0.494. The summed E-state index contributed by atoms with van der Waals surface area (Å²) in [6.07, 6.45) is 0.370. The summed E-state index contributed by atoms with van der Waals surface area (Å²) in [5, 5.41) is 13.6. The predicted octanol–water partition coefficient (Wildman–Crippen LogP) is 2.36. The molecule has 1 aromatic carbocycles. The van der Waals surface area contributed by atoms with Crippen LogP contribution in [0.3, 0.4) is 0 Å². The standard InChI is InChI=1S/C16H16N2O6/c1-10-5-3-7-13(18(21)22)14(10)16(20)24-11(2)15(19)17-9-12-6-4-8-23-12/h3-8,11H,9H2,1-2H3,(H,17,19). The van der Waals surface area contributed by atoms with E-state index >= 15 is 0 Å². The van der Waals surface area contributed by atoms with Crippen LogP contribution in [0.15, 0.2) is 41.0 Å². The zero-order chi connectivity index (χ0) is 17.7. The fourth-order valence-electron chi connectivity index (χ4n) is 2.07. The van der Waals surface area contributed by atoms with Crippen molar-refractivity contribution in [2.45, 2.75) is 26.5 Å². The normalized spacial score (nSPS) is 11.6. The van der Waals surface area contributed by atoms with Crippen LogP contribution in [0.25, 0.3) is 0 Å². The third-order valence-electron chi connectivity index (χ3n) is 3.32. The summed E-state index contributed by atoms with van der Waals surface area (Å²) >= 11 is 0. The Morgan fingerprint density at radius 2 is 2.08 bits per heavy atom. The number of carbonyl (C=O) groups is 2. The number of nitrogens with one attached hydrogen (secondary N) is 1. The number of nitrogens with zero attached hydrogens (tertiary/aromatic N) is 1. The van der Waals surface area contributed by atoms with Gasteiger partial charge in [0.25, 0.3) is 11.6 Å². The Bertz CT molecular complexity index is 754. The summed E-state index contributed by atoms with van der Waals surface area (Å²) in [5.41, 5.74) is -0.117. The van der Waals surface area contributed by atoms with Crippen molar-refractivity contribution in [3.05, 3.63) is 63.6 Å². The second kappa shape index (κ2) is 7.40. The summed E-state index contributed by atoms with van der Waals surface area (Å²) in [4.78, 5) is 34.5. The first kappa shape index (κ1) is 17.2. The van der Waals surface area contributed by atoms with Crippen molar-refractivity contribution in [2.24, 2.45) is 0 Å². The molecule has 0 aliphatic rings. The molecule has 1 N–H and O–H groups in total. The molecule has 126 valence electrons. The second-order valence-electron chi connectivity index (χ2n) is 5.07. The molecule has 0 radical (unpaired) electrons. The van der Waals surface area contributed by atoms with Gasteiger partial charge in [0.15, 0.2) is 6.10 Å². The molecule has 2 rings (SSSR count). The Morgan fingerprint density at radius 1 is 1.33 bits per heavy atom. The smallest absolute Gasteiger partial charge is 0.346 e. The fourth-order valence-corrected chi connectivity index (χ4v) is 2.07. The molecule has 0 fully saturated rings. The highest BCUT2D eigenvalue weighted by Crippen LogP contribution is 2.23. The maximum atomic E-state index is 12.2. The number of esters is 1. The first-order valence-electron chi connectivity index (χ1n) is 7.15. The highest BCUT2D eigenvalue weighted by molar-refractivity contribution is 5.97. The van der Waals surface area contributed by atoms with Gasteiger partial charge in [0.1, 0.15) is 11.3 Å². The first-order chi connectivity index (χ1) is 11.4. The minimum atomic E-state index is -1.10. The van der Waals surface area contributed by atoms with Crippen molar-refractivity contribution in [3.8, 4) is 0 Å². The Labute approximate surface area is 137 Å². The number of hydrogen-bond donors (Lipinski definition) is 1. The van der Waals surface area contributed by atoms with Crippen molar-refractivity contribution < 1.29 is 23.7 Å². The van der Waals surface area contributed by atoms with Crippen LogP contribution >= 0.6 is 0 Å². The largest absolute Gasteiger partial charge is 0.467 e. The van der Waals surface area contributed by atoms with Gasteiger partial charge in [-0.2, -0.15) is 0 Å². The number of benzene rings is 1. The maximum Gasteiger partial charge on any atom is 0.346 e. The van der Waals surface area contributed by atoms with Gasteiger partial charge in [-0.05, 0) is 31.5 Å². The van der Waals surface area contributed by atoms with E-state index in [1.165, 1.54) is 25.3 Å². The van der Waals surface area contributed by atoms with E-state index in [0.29, 0.717) is 11.3 Å². The Balaban J connectivity index is 2.03. The van der Waals surface area contributed by atoms with E-state index in [1.807, 2.05) is 0 Å². The summed E-state index contributed by atoms with van der Waals surface area (Å²) < 4.78 is 10.1. The molecule has 1 atom stereocenters. The SMILES string of the molecule is Cc1cccc([N+](=O)[O-])c1C(=O)OC(C)C(=O)NCc1ccco1. The summed E-state index contributed by atoms with van der Waals surface area (Å²) in [5.74, 6) is -0.896. The number of hydrogen-bond acceptors (Lipinski definition) is 6. The van der Waals surface area contributed by atoms with Gasteiger partial charge in [0, 0.05) is 6.07 Å². The van der Waals surface area contributed by atoms with E-state index in [4.69, 9.17) is 9.15 Å². The summed E-state index contributed by atoms with van der Waals surface area (Å²) in [7, 11) is 0. The lowest BCUT2D eigenvalue weighted by atomic mass is 10.1. The Morgan fingerprint density at radius 3 is 2.71 bits per heavy atom. The third kappa shape index (κ3) is 3.97. The maximum absolute atomic E-state index is 12.2. The molecular formula is C16H16N2O6. The molecule has 0 spiro atoms. The zero-order valence-corrected chi connectivity index (χ0v) is 13.1. The van der Waals surface area contributed by atoms with Crippen molar-refractivity contribution in [1.29, 1.82) is 0 Å². The fraction of sp³-hybridized carbons (Fsp3) is 0.250. The highest BCUT2D eigenvalue weighted by Gasteiger charge is 2.26. The molecule has 0 bridgehead atoms. The number of furan rings is 1. The van der Waals surface area contributed by atoms with Gasteiger partial charge in [0.05, 0.1) is 17.7 Å². The third-order valence-corrected chi connectivity index (χ3v) is 3.32. The number of carbonyl (C=O) groups excluding carboxylic acids is 2. The average molecular weight is 332 g/mol. The minimum Gasteiger partial charge on any atom is -0.467 e. The van der Waals surface area contributed by atoms with Crippen LogP contribution < -0.4 is 5.32 Å². The van der Waals surface area contributed by atoms with Crippen molar-refractivity contribution in [3.63, 3.8) is 0 Å².